The Morgan fingerprint density at radius 1 is 1.06 bits per heavy atom. The van der Waals surface area contributed by atoms with Crippen molar-refractivity contribution in [1.29, 1.82) is 0 Å². The standard InChI is InChI=1S/C19H17NO4.C4H9NO2.C2H4O.C2H6/c1-14(22)17-8-4-15(5-9-17)2-3-16-6-10-18(11-7-16)24-19(13-21)12-20-23;1-3(6)4(7)5-2;1-2-3;1-2/h4-11,19,21H,12-13H2,1H3;3,6H,1-2H3,(H,5,7);2H,1H3;1-2H3. The molecule has 2 aromatic rings. The molecule has 3 N–H and O–H groups in total. The fourth-order valence-corrected chi connectivity index (χ4v) is 2.17. The number of ether oxygens (including phenoxy) is 1. The number of benzene rings is 2. The lowest BCUT2D eigenvalue weighted by atomic mass is 10.1. The van der Waals surface area contributed by atoms with Crippen molar-refractivity contribution in [3.8, 4) is 17.6 Å². The van der Waals surface area contributed by atoms with Gasteiger partial charge in [-0.3, -0.25) is 9.59 Å². The predicted molar refractivity (Wildman–Crippen MR) is 140 cm³/mol. The van der Waals surface area contributed by atoms with Gasteiger partial charge in [-0.1, -0.05) is 43.0 Å². The van der Waals surface area contributed by atoms with Gasteiger partial charge in [-0.25, -0.2) is 0 Å². The minimum absolute atomic E-state index is 0.0241. The zero-order chi connectivity index (χ0) is 27.9. The highest BCUT2D eigenvalue weighted by molar-refractivity contribution is 5.94. The maximum atomic E-state index is 11.2. The van der Waals surface area contributed by atoms with Crippen LogP contribution in [0, 0.1) is 16.7 Å². The summed E-state index contributed by atoms with van der Waals surface area (Å²) in [6, 6.07) is 14.1. The summed E-state index contributed by atoms with van der Waals surface area (Å²) in [7, 11) is 1.48. The summed E-state index contributed by atoms with van der Waals surface area (Å²) in [6.07, 6.45) is -0.774. The van der Waals surface area contributed by atoms with Crippen LogP contribution in [0.1, 0.15) is 56.1 Å². The molecule has 0 bridgehead atoms. The molecule has 0 saturated heterocycles. The summed E-state index contributed by atoms with van der Waals surface area (Å²) in [6.45, 7) is 8.01. The SMILES string of the molecule is CC.CC(=O)c1ccc(C#Cc2ccc(OC(CO)CN=O)cc2)cc1.CC=O.CNC(=O)C(C)O. The van der Waals surface area contributed by atoms with Crippen LogP contribution in [0.15, 0.2) is 53.7 Å². The molecular weight excluding hydrogens is 464 g/mol. The summed E-state index contributed by atoms with van der Waals surface area (Å²) in [5.41, 5.74) is 2.27. The summed E-state index contributed by atoms with van der Waals surface area (Å²) in [4.78, 5) is 40.4. The third-order valence-electron chi connectivity index (χ3n) is 3.91. The van der Waals surface area contributed by atoms with E-state index in [0.29, 0.717) is 11.3 Å². The fraction of sp³-hybridized carbons (Fsp3) is 0.370. The zero-order valence-corrected chi connectivity index (χ0v) is 21.6. The van der Waals surface area contributed by atoms with E-state index in [1.165, 1.54) is 27.8 Å². The Morgan fingerprint density at radius 2 is 1.50 bits per heavy atom. The van der Waals surface area contributed by atoms with E-state index in [-0.39, 0.29) is 24.8 Å². The number of nitroso groups, excluding NO2 is 1. The van der Waals surface area contributed by atoms with Crippen molar-refractivity contribution < 1.29 is 29.3 Å². The van der Waals surface area contributed by atoms with Gasteiger partial charge in [0.15, 0.2) is 5.78 Å². The second-order valence-electron chi connectivity index (χ2n) is 6.67. The highest BCUT2D eigenvalue weighted by Crippen LogP contribution is 2.14. The molecule has 0 heterocycles. The maximum Gasteiger partial charge on any atom is 0.248 e. The molecule has 9 nitrogen and oxygen atoms in total. The van der Waals surface area contributed by atoms with Gasteiger partial charge in [0.2, 0.25) is 5.91 Å². The van der Waals surface area contributed by atoms with Crippen LogP contribution in [0.4, 0.5) is 0 Å². The van der Waals surface area contributed by atoms with Crippen molar-refractivity contribution in [2.24, 2.45) is 5.18 Å². The number of ketones is 1. The first-order valence-electron chi connectivity index (χ1n) is 11.3. The molecule has 0 aliphatic carbocycles. The first-order valence-corrected chi connectivity index (χ1v) is 11.3. The number of likely N-dealkylation sites (N-methyl/N-ethyl adjacent to an activating group) is 1. The Bertz CT molecular complexity index is 960. The molecule has 0 aliphatic rings. The average Bonchev–Trinajstić information content (AvgIpc) is 2.89. The van der Waals surface area contributed by atoms with Gasteiger partial charge in [0, 0.05) is 23.7 Å². The first kappa shape index (κ1) is 34.3. The number of nitrogens with zero attached hydrogens (tertiary/aromatic N) is 1. The number of aliphatic hydroxyl groups excluding tert-OH is 2. The van der Waals surface area contributed by atoms with Crippen LogP contribution < -0.4 is 10.1 Å². The molecule has 2 unspecified atom stereocenters. The lowest BCUT2D eigenvalue weighted by Crippen LogP contribution is -2.28. The number of hydrogen-bond acceptors (Lipinski definition) is 8. The van der Waals surface area contributed by atoms with Gasteiger partial charge in [-0.2, -0.15) is 4.91 Å². The number of carbonyl (C=O) groups excluding carboxylic acids is 3. The Balaban J connectivity index is 0. The van der Waals surface area contributed by atoms with Crippen LogP contribution in [-0.4, -0.2) is 60.6 Å². The summed E-state index contributed by atoms with van der Waals surface area (Å²) in [5, 5.41) is 22.5. The lowest BCUT2D eigenvalue weighted by molar-refractivity contribution is -0.127. The second kappa shape index (κ2) is 21.6. The van der Waals surface area contributed by atoms with Crippen molar-refractivity contribution in [2.45, 2.75) is 46.8 Å². The van der Waals surface area contributed by atoms with Crippen molar-refractivity contribution in [3.05, 3.63) is 70.1 Å². The van der Waals surface area contributed by atoms with E-state index < -0.39 is 12.2 Å². The monoisotopic (exact) mass is 500 g/mol. The molecule has 196 valence electrons. The normalized spacial score (nSPS) is 10.4. The van der Waals surface area contributed by atoms with Gasteiger partial charge in [-0.05, 0) is 57.2 Å². The number of hydrogen-bond donors (Lipinski definition) is 3. The molecule has 0 radical (unpaired) electrons. The van der Waals surface area contributed by atoms with Crippen molar-refractivity contribution in [1.82, 2.24) is 5.32 Å². The molecule has 0 aliphatic heterocycles. The fourth-order valence-electron chi connectivity index (χ4n) is 2.17. The Kier molecular flexibility index (Phi) is 20.6. The van der Waals surface area contributed by atoms with Gasteiger partial charge >= 0.3 is 0 Å². The number of carbonyl (C=O) groups is 3. The second-order valence-corrected chi connectivity index (χ2v) is 6.67. The molecule has 2 atom stereocenters. The number of nitrogens with one attached hydrogen (secondary N) is 1. The van der Waals surface area contributed by atoms with Crippen molar-refractivity contribution >= 4 is 18.0 Å². The lowest BCUT2D eigenvalue weighted by Gasteiger charge is -2.13. The maximum absolute atomic E-state index is 11.2. The third kappa shape index (κ3) is 15.9. The van der Waals surface area contributed by atoms with Gasteiger partial charge in [0.25, 0.3) is 0 Å². The molecular formula is C27H36N2O7. The zero-order valence-electron chi connectivity index (χ0n) is 21.6. The molecule has 9 heteroatoms. The first-order chi connectivity index (χ1) is 17.2. The van der Waals surface area contributed by atoms with Crippen LogP contribution in [0.3, 0.4) is 0 Å². The highest BCUT2D eigenvalue weighted by Gasteiger charge is 2.09. The van der Waals surface area contributed by atoms with Gasteiger partial charge in [0.1, 0.15) is 30.8 Å². The molecule has 36 heavy (non-hydrogen) atoms. The minimum Gasteiger partial charge on any atom is -0.486 e. The third-order valence-corrected chi connectivity index (χ3v) is 3.91. The quantitative estimate of drug-likeness (QED) is 0.229. The van der Waals surface area contributed by atoms with Gasteiger partial charge in [0.05, 0.1) is 6.61 Å². The molecule has 0 spiro atoms. The van der Waals surface area contributed by atoms with Crippen molar-refractivity contribution in [3.63, 3.8) is 0 Å². The number of rotatable bonds is 7. The van der Waals surface area contributed by atoms with E-state index >= 15 is 0 Å². The minimum atomic E-state index is -0.884. The molecule has 0 aromatic heterocycles. The molecule has 0 fully saturated rings. The summed E-state index contributed by atoms with van der Waals surface area (Å²) in [5.74, 6) is 6.25. The van der Waals surface area contributed by atoms with E-state index in [1.807, 2.05) is 13.8 Å². The van der Waals surface area contributed by atoms with E-state index in [0.717, 1.165) is 17.4 Å². The van der Waals surface area contributed by atoms with Gasteiger partial charge < -0.3 is 25.1 Å². The molecule has 1 amide bonds. The van der Waals surface area contributed by atoms with Gasteiger partial charge in [-0.15, -0.1) is 0 Å². The Morgan fingerprint density at radius 3 is 1.81 bits per heavy atom. The van der Waals surface area contributed by atoms with E-state index in [2.05, 4.69) is 22.3 Å². The van der Waals surface area contributed by atoms with Crippen molar-refractivity contribution in [2.75, 3.05) is 20.2 Å². The van der Waals surface area contributed by atoms with E-state index in [4.69, 9.17) is 19.7 Å². The van der Waals surface area contributed by atoms with Crippen LogP contribution in [0.25, 0.3) is 0 Å². The Hall–Kier alpha value is -3.87. The Labute approximate surface area is 212 Å². The number of Topliss-reactive ketones (excluding diaryl/α,β-unsaturated/α-hetero) is 1. The van der Waals surface area contributed by atoms with Crippen LogP contribution in [0.2, 0.25) is 0 Å². The number of aliphatic hydroxyl groups is 2. The van der Waals surface area contributed by atoms with E-state index in [9.17, 15) is 14.5 Å². The largest absolute Gasteiger partial charge is 0.486 e. The number of aldehydes is 1. The van der Waals surface area contributed by atoms with Crippen LogP contribution in [-0.2, 0) is 9.59 Å². The number of amides is 1. The van der Waals surface area contributed by atoms with Crippen LogP contribution >= 0.6 is 0 Å². The molecule has 2 aromatic carbocycles. The summed E-state index contributed by atoms with van der Waals surface area (Å²) >= 11 is 0. The molecule has 0 saturated carbocycles. The van der Waals surface area contributed by atoms with Crippen LogP contribution in [0.5, 0.6) is 5.75 Å². The smallest absolute Gasteiger partial charge is 0.248 e. The topological polar surface area (TPSA) is 142 Å². The highest BCUT2D eigenvalue weighted by atomic mass is 16.5. The predicted octanol–water partition coefficient (Wildman–Crippen LogP) is 3.14. The average molecular weight is 501 g/mol. The molecule has 2 rings (SSSR count). The van der Waals surface area contributed by atoms with E-state index in [1.54, 1.807) is 48.5 Å². The summed E-state index contributed by atoms with van der Waals surface area (Å²) < 4.78 is 5.43.